The third-order valence-electron chi connectivity index (χ3n) is 2.01. The van der Waals surface area contributed by atoms with Gasteiger partial charge in [0.2, 0.25) is 0 Å². The summed E-state index contributed by atoms with van der Waals surface area (Å²) in [6, 6.07) is 3.08. The number of rotatable bonds is 5. The molecular formula is C11H14O6. The van der Waals surface area contributed by atoms with Crippen molar-refractivity contribution < 1.29 is 28.6 Å². The lowest BCUT2D eigenvalue weighted by Crippen LogP contribution is -2.37. The summed E-state index contributed by atoms with van der Waals surface area (Å²) in [5.41, 5.74) is -1.67. The first kappa shape index (κ1) is 13.2. The summed E-state index contributed by atoms with van der Waals surface area (Å²) in [4.78, 5) is 21.5. The first-order valence-electron chi connectivity index (χ1n) is 4.97. The molecule has 1 aromatic heterocycles. The highest BCUT2D eigenvalue weighted by Crippen LogP contribution is 2.22. The molecule has 0 fully saturated rings. The average molecular weight is 242 g/mol. The molecule has 0 saturated heterocycles. The standard InChI is InChI=1S/C11H14O6/c1-8(12)16-6-11(14,7-17-9(2)13)10-4-3-5-15-10/h3-5,14H,6-7H2,1-2H3. The maximum Gasteiger partial charge on any atom is 0.302 e. The minimum atomic E-state index is -1.67. The van der Waals surface area contributed by atoms with Gasteiger partial charge in [0.15, 0.2) is 5.60 Å². The number of carbonyl (C=O) groups is 2. The van der Waals surface area contributed by atoms with Crippen LogP contribution in [-0.4, -0.2) is 30.3 Å². The van der Waals surface area contributed by atoms with Crippen molar-refractivity contribution in [3.05, 3.63) is 24.2 Å². The molecule has 1 aromatic rings. The molecule has 6 heteroatoms. The second kappa shape index (κ2) is 5.49. The van der Waals surface area contributed by atoms with Crippen molar-refractivity contribution in [2.24, 2.45) is 0 Å². The van der Waals surface area contributed by atoms with Crippen molar-refractivity contribution in [3.63, 3.8) is 0 Å². The molecule has 0 aliphatic rings. The van der Waals surface area contributed by atoms with Crippen LogP contribution in [-0.2, 0) is 24.7 Å². The average Bonchev–Trinajstić information content (AvgIpc) is 2.77. The Morgan fingerprint density at radius 2 is 1.82 bits per heavy atom. The zero-order valence-corrected chi connectivity index (χ0v) is 9.63. The van der Waals surface area contributed by atoms with E-state index in [0.29, 0.717) is 0 Å². The molecule has 6 nitrogen and oxygen atoms in total. The van der Waals surface area contributed by atoms with Crippen LogP contribution in [0.5, 0.6) is 0 Å². The zero-order valence-electron chi connectivity index (χ0n) is 9.63. The van der Waals surface area contributed by atoms with E-state index in [-0.39, 0.29) is 19.0 Å². The van der Waals surface area contributed by atoms with Gasteiger partial charge in [-0.15, -0.1) is 0 Å². The monoisotopic (exact) mass is 242 g/mol. The minimum absolute atomic E-state index is 0.167. The number of esters is 2. The SMILES string of the molecule is CC(=O)OCC(O)(COC(C)=O)c1ccco1. The Labute approximate surface area is 98.1 Å². The van der Waals surface area contributed by atoms with Crippen LogP contribution in [0, 0.1) is 0 Å². The van der Waals surface area contributed by atoms with Gasteiger partial charge in [-0.3, -0.25) is 9.59 Å². The summed E-state index contributed by atoms with van der Waals surface area (Å²) in [7, 11) is 0. The fraction of sp³-hybridized carbons (Fsp3) is 0.455. The van der Waals surface area contributed by atoms with E-state index >= 15 is 0 Å². The highest BCUT2D eigenvalue weighted by molar-refractivity contribution is 5.66. The lowest BCUT2D eigenvalue weighted by Gasteiger charge is -2.24. The molecule has 1 heterocycles. The Morgan fingerprint density at radius 3 is 2.18 bits per heavy atom. The number of hydrogen-bond acceptors (Lipinski definition) is 6. The molecule has 0 aliphatic carbocycles. The highest BCUT2D eigenvalue weighted by atomic mass is 16.6. The van der Waals surface area contributed by atoms with Gasteiger partial charge in [-0.1, -0.05) is 0 Å². The van der Waals surface area contributed by atoms with Crippen LogP contribution in [0.25, 0.3) is 0 Å². The van der Waals surface area contributed by atoms with Crippen molar-refractivity contribution in [3.8, 4) is 0 Å². The molecule has 0 spiro atoms. The summed E-state index contributed by atoms with van der Waals surface area (Å²) in [5.74, 6) is -0.921. The summed E-state index contributed by atoms with van der Waals surface area (Å²) >= 11 is 0. The predicted octanol–water partition coefficient (Wildman–Crippen LogP) is 0.593. The maximum atomic E-state index is 10.7. The van der Waals surface area contributed by atoms with Crippen LogP contribution in [0.1, 0.15) is 19.6 Å². The summed E-state index contributed by atoms with van der Waals surface area (Å²) in [6.07, 6.45) is 1.36. The fourth-order valence-corrected chi connectivity index (χ4v) is 1.17. The lowest BCUT2D eigenvalue weighted by atomic mass is 10.0. The summed E-state index contributed by atoms with van der Waals surface area (Å²) < 4.78 is 14.5. The van der Waals surface area contributed by atoms with Crippen molar-refractivity contribution in [1.29, 1.82) is 0 Å². The smallest absolute Gasteiger partial charge is 0.302 e. The molecule has 0 saturated carbocycles. The number of hydrogen-bond donors (Lipinski definition) is 1. The molecule has 0 atom stereocenters. The molecule has 0 bridgehead atoms. The van der Waals surface area contributed by atoms with Gasteiger partial charge in [0.05, 0.1) is 6.26 Å². The van der Waals surface area contributed by atoms with E-state index in [2.05, 4.69) is 0 Å². The molecule has 0 aliphatic heterocycles. The third kappa shape index (κ3) is 3.92. The van der Waals surface area contributed by atoms with Gasteiger partial charge in [0, 0.05) is 13.8 Å². The van der Waals surface area contributed by atoms with Crippen LogP contribution in [0.3, 0.4) is 0 Å². The molecule has 0 radical (unpaired) electrons. The van der Waals surface area contributed by atoms with E-state index in [1.807, 2.05) is 0 Å². The minimum Gasteiger partial charge on any atom is -0.466 e. The van der Waals surface area contributed by atoms with Crippen molar-refractivity contribution in [2.75, 3.05) is 13.2 Å². The van der Waals surface area contributed by atoms with Crippen molar-refractivity contribution in [2.45, 2.75) is 19.4 Å². The normalized spacial score (nSPS) is 11.0. The van der Waals surface area contributed by atoms with Gasteiger partial charge >= 0.3 is 11.9 Å². The number of carbonyl (C=O) groups excluding carboxylic acids is 2. The van der Waals surface area contributed by atoms with Gasteiger partial charge in [-0.25, -0.2) is 0 Å². The Hall–Kier alpha value is -1.82. The highest BCUT2D eigenvalue weighted by Gasteiger charge is 2.35. The predicted molar refractivity (Wildman–Crippen MR) is 55.9 cm³/mol. The van der Waals surface area contributed by atoms with Crippen LogP contribution in [0.15, 0.2) is 22.8 Å². The molecule has 0 amide bonds. The van der Waals surface area contributed by atoms with Crippen LogP contribution in [0.2, 0.25) is 0 Å². The Morgan fingerprint density at radius 1 is 1.29 bits per heavy atom. The molecule has 17 heavy (non-hydrogen) atoms. The maximum absolute atomic E-state index is 10.7. The van der Waals surface area contributed by atoms with Gasteiger partial charge in [-0.2, -0.15) is 0 Å². The second-order valence-corrected chi connectivity index (χ2v) is 3.57. The molecule has 0 aromatic carbocycles. The van der Waals surface area contributed by atoms with E-state index in [4.69, 9.17) is 13.9 Å². The molecule has 1 N–H and O–H groups in total. The van der Waals surface area contributed by atoms with Gasteiger partial charge in [0.1, 0.15) is 19.0 Å². The third-order valence-corrected chi connectivity index (χ3v) is 2.01. The van der Waals surface area contributed by atoms with Crippen molar-refractivity contribution >= 4 is 11.9 Å². The molecule has 1 rings (SSSR count). The quantitative estimate of drug-likeness (QED) is 0.760. The van der Waals surface area contributed by atoms with Gasteiger partial charge < -0.3 is 19.0 Å². The van der Waals surface area contributed by atoms with Crippen molar-refractivity contribution in [1.82, 2.24) is 0 Å². The Kier molecular flexibility index (Phi) is 4.28. The fourth-order valence-electron chi connectivity index (χ4n) is 1.17. The topological polar surface area (TPSA) is 86.0 Å². The Bertz CT molecular complexity index is 363. The van der Waals surface area contributed by atoms with Crippen LogP contribution in [0.4, 0.5) is 0 Å². The Balaban J connectivity index is 2.76. The van der Waals surface area contributed by atoms with E-state index in [9.17, 15) is 14.7 Å². The second-order valence-electron chi connectivity index (χ2n) is 3.57. The summed E-state index contributed by atoms with van der Waals surface area (Å²) in [5, 5.41) is 10.2. The zero-order chi connectivity index (χ0) is 12.9. The van der Waals surface area contributed by atoms with E-state index in [0.717, 1.165) is 0 Å². The largest absolute Gasteiger partial charge is 0.466 e. The van der Waals surface area contributed by atoms with E-state index in [1.54, 1.807) is 6.07 Å². The van der Waals surface area contributed by atoms with E-state index in [1.165, 1.54) is 26.2 Å². The van der Waals surface area contributed by atoms with Gasteiger partial charge in [-0.05, 0) is 12.1 Å². The first-order valence-corrected chi connectivity index (χ1v) is 4.97. The number of aliphatic hydroxyl groups is 1. The van der Waals surface area contributed by atoms with E-state index < -0.39 is 17.5 Å². The van der Waals surface area contributed by atoms with Crippen LogP contribution < -0.4 is 0 Å². The summed E-state index contributed by atoms with van der Waals surface area (Å²) in [6.45, 7) is 1.75. The lowest BCUT2D eigenvalue weighted by molar-refractivity contribution is -0.164. The number of furan rings is 1. The first-order chi connectivity index (χ1) is 7.94. The van der Waals surface area contributed by atoms with Gasteiger partial charge in [0.25, 0.3) is 0 Å². The molecule has 0 unspecified atom stereocenters. The van der Waals surface area contributed by atoms with Crippen LogP contribution >= 0.6 is 0 Å². The molecular weight excluding hydrogens is 228 g/mol. The molecule has 94 valence electrons. The number of ether oxygens (including phenoxy) is 2.